The van der Waals surface area contributed by atoms with E-state index in [4.69, 9.17) is 0 Å². The van der Waals surface area contributed by atoms with E-state index in [1.54, 1.807) is 0 Å². The van der Waals surface area contributed by atoms with Crippen molar-refractivity contribution in [2.45, 2.75) is 121 Å². The van der Waals surface area contributed by atoms with Crippen LogP contribution in [0, 0.1) is 62.3 Å². The maximum absolute atomic E-state index is 3.87. The van der Waals surface area contributed by atoms with Gasteiger partial charge in [0, 0.05) is 56.5 Å². The molecule has 0 heterocycles. The zero-order chi connectivity index (χ0) is 44.1. The molecule has 0 atom stereocenters. The van der Waals surface area contributed by atoms with Crippen molar-refractivity contribution in [2.75, 3.05) is 15.1 Å². The van der Waals surface area contributed by atoms with Gasteiger partial charge in [0.05, 0.1) is 0 Å². The van der Waals surface area contributed by atoms with Crippen LogP contribution in [-0.4, -0.2) is 11.1 Å². The molecule has 0 bridgehead atoms. The Balaban J connectivity index is 1.40. The van der Waals surface area contributed by atoms with Crippen molar-refractivity contribution >= 4 is 44.9 Å². The first-order valence-electron chi connectivity index (χ1n) is 22.1. The van der Waals surface area contributed by atoms with Crippen molar-refractivity contribution in [3.05, 3.63) is 188 Å². The van der Waals surface area contributed by atoms with Gasteiger partial charge in [0.25, 0.3) is 0 Å². The molecule has 3 nitrogen and oxygen atoms in total. The van der Waals surface area contributed by atoms with E-state index in [0.29, 0.717) is 0 Å². The summed E-state index contributed by atoms with van der Waals surface area (Å²) in [7, 11) is 0. The molecule has 0 saturated carbocycles. The van der Waals surface area contributed by atoms with Crippen molar-refractivity contribution in [1.82, 2.24) is 0 Å². The number of benzene rings is 7. The molecule has 61 heavy (non-hydrogen) atoms. The molecule has 0 spiro atoms. The number of anilines is 6. The van der Waals surface area contributed by atoms with Crippen LogP contribution in [0.25, 0.3) is 10.8 Å². The highest BCUT2D eigenvalue weighted by Crippen LogP contribution is 2.44. The van der Waals surface area contributed by atoms with E-state index >= 15 is 0 Å². The molecule has 0 aliphatic carbocycles. The van der Waals surface area contributed by atoms with Crippen LogP contribution >= 0.6 is 0 Å². The van der Waals surface area contributed by atoms with E-state index in [9.17, 15) is 0 Å². The Hall–Kier alpha value is -5.80. The van der Waals surface area contributed by atoms with Gasteiger partial charge < -0.3 is 15.1 Å². The summed E-state index contributed by atoms with van der Waals surface area (Å²) >= 11 is 0. The highest BCUT2D eigenvalue weighted by molar-refractivity contribution is 5.98. The van der Waals surface area contributed by atoms with E-state index in [-0.39, 0.29) is 17.0 Å². The van der Waals surface area contributed by atoms with Crippen molar-refractivity contribution in [3.8, 4) is 0 Å². The zero-order valence-corrected chi connectivity index (χ0v) is 39.5. The second-order valence-corrected chi connectivity index (χ2v) is 19.8. The summed E-state index contributed by atoms with van der Waals surface area (Å²) in [5.41, 5.74) is 22.4. The quantitative estimate of drug-likeness (QED) is 0.147. The summed E-state index contributed by atoms with van der Waals surface area (Å²) < 4.78 is 0. The number of aryl methyl sites for hydroxylation is 9. The van der Waals surface area contributed by atoms with Crippen LogP contribution in [0.1, 0.15) is 114 Å². The van der Waals surface area contributed by atoms with E-state index in [1.165, 1.54) is 106 Å². The Morgan fingerprint density at radius 3 is 1.15 bits per heavy atom. The lowest BCUT2D eigenvalue weighted by Crippen LogP contribution is -2.38. The third-order valence-corrected chi connectivity index (χ3v) is 12.2. The third kappa shape index (κ3) is 8.71. The third-order valence-electron chi connectivity index (χ3n) is 12.2. The lowest BCUT2D eigenvalue weighted by atomic mass is 9.82. The fourth-order valence-electron chi connectivity index (χ4n) is 10.1. The fraction of sp³-hybridized carbons (Fsp3) is 0.310. The summed E-state index contributed by atoms with van der Waals surface area (Å²) in [4.78, 5) is 5.04. The molecule has 0 fully saturated rings. The second kappa shape index (κ2) is 16.6. The monoisotopic (exact) mass is 806 g/mol. The fourth-order valence-corrected chi connectivity index (χ4v) is 10.1. The SMILES string of the molecule is Cc1cc(C)c(Nc2ccc(C(c3ccc(N(c4c(C)cc(C)cc4C)C(C)(C)C)cc3)c3ccc(N(c4c(C)cc(C)cc4C)C(C)(C)C)cc3)c3ccccc23)c(C)c1. The first kappa shape index (κ1) is 43.3. The topological polar surface area (TPSA) is 18.5 Å². The van der Waals surface area contributed by atoms with Crippen LogP contribution in [-0.2, 0) is 0 Å². The minimum absolute atomic E-state index is 0.0123. The molecule has 7 aromatic rings. The number of nitrogens with zero attached hydrogens (tertiary/aromatic N) is 2. The minimum Gasteiger partial charge on any atom is -0.355 e. The Morgan fingerprint density at radius 1 is 0.410 bits per heavy atom. The standard InChI is InChI=1S/C58H67N3/c1-36-30-39(4)54(40(5)31-36)59-52-29-28-51(49-18-16-17-19-50(49)52)53(45-20-24-47(25-21-45)60(57(10,11)12)55-41(6)32-37(2)33-42(55)7)46-22-26-48(27-23-46)61(58(13,14)15)56-43(8)34-38(3)35-44(56)9/h16-35,53,59H,1-15H3. The number of nitrogens with one attached hydrogen (secondary N) is 1. The van der Waals surface area contributed by atoms with Crippen molar-refractivity contribution < 1.29 is 0 Å². The van der Waals surface area contributed by atoms with E-state index < -0.39 is 0 Å². The smallest absolute Gasteiger partial charge is 0.0475 e. The first-order chi connectivity index (χ1) is 28.7. The molecule has 0 saturated heterocycles. The Morgan fingerprint density at radius 2 is 0.770 bits per heavy atom. The Labute approximate surface area is 367 Å². The van der Waals surface area contributed by atoms with Gasteiger partial charge in [0.1, 0.15) is 0 Å². The molecule has 1 N–H and O–H groups in total. The van der Waals surface area contributed by atoms with Crippen molar-refractivity contribution in [2.24, 2.45) is 0 Å². The molecule has 7 rings (SSSR count). The molecule has 0 aromatic heterocycles. The summed E-state index contributed by atoms with van der Waals surface area (Å²) in [6.07, 6.45) is 0. The Kier molecular flexibility index (Phi) is 11.8. The molecule has 0 amide bonds. The molecule has 0 aliphatic heterocycles. The first-order valence-corrected chi connectivity index (χ1v) is 22.1. The van der Waals surface area contributed by atoms with Crippen molar-refractivity contribution in [1.29, 1.82) is 0 Å². The van der Waals surface area contributed by atoms with Crippen molar-refractivity contribution in [3.63, 3.8) is 0 Å². The highest BCUT2D eigenvalue weighted by Gasteiger charge is 2.29. The molecular formula is C58H67N3. The largest absolute Gasteiger partial charge is 0.355 e. The normalized spacial score (nSPS) is 12.0. The van der Waals surface area contributed by atoms with Crippen LogP contribution in [0.5, 0.6) is 0 Å². The van der Waals surface area contributed by atoms with Crippen LogP contribution in [0.15, 0.2) is 121 Å². The van der Waals surface area contributed by atoms with Gasteiger partial charge >= 0.3 is 0 Å². The van der Waals surface area contributed by atoms with Gasteiger partial charge in [-0.05, 0) is 190 Å². The molecule has 314 valence electrons. The lowest BCUT2D eigenvalue weighted by molar-refractivity contribution is 0.558. The van der Waals surface area contributed by atoms with Crippen LogP contribution in [0.4, 0.5) is 34.1 Å². The average Bonchev–Trinajstić information content (AvgIpc) is 3.16. The van der Waals surface area contributed by atoms with Crippen LogP contribution in [0.2, 0.25) is 0 Å². The van der Waals surface area contributed by atoms with Gasteiger partial charge in [-0.15, -0.1) is 0 Å². The predicted octanol–water partition coefficient (Wildman–Crippen LogP) is 16.4. The zero-order valence-electron chi connectivity index (χ0n) is 39.5. The average molecular weight is 806 g/mol. The molecular weight excluding hydrogens is 739 g/mol. The Bertz CT molecular complexity index is 2530. The lowest BCUT2D eigenvalue weighted by Gasteiger charge is -2.40. The van der Waals surface area contributed by atoms with E-state index in [0.717, 1.165) is 5.69 Å². The highest BCUT2D eigenvalue weighted by atomic mass is 15.2. The van der Waals surface area contributed by atoms with Gasteiger partial charge in [-0.1, -0.05) is 108 Å². The summed E-state index contributed by atoms with van der Waals surface area (Å²) in [5, 5.41) is 6.33. The van der Waals surface area contributed by atoms with E-state index in [2.05, 4.69) is 240 Å². The summed E-state index contributed by atoms with van der Waals surface area (Å²) in [6, 6.07) is 46.2. The number of hydrogen-bond acceptors (Lipinski definition) is 3. The van der Waals surface area contributed by atoms with E-state index in [1.807, 2.05) is 0 Å². The summed E-state index contributed by atoms with van der Waals surface area (Å²) in [6.45, 7) is 33.8. The number of fused-ring (bicyclic) bond motifs is 1. The molecule has 7 aromatic carbocycles. The predicted molar refractivity (Wildman–Crippen MR) is 267 cm³/mol. The second-order valence-electron chi connectivity index (χ2n) is 19.8. The molecule has 3 heteroatoms. The van der Waals surface area contributed by atoms with Gasteiger partial charge in [0.15, 0.2) is 0 Å². The van der Waals surface area contributed by atoms with Crippen LogP contribution < -0.4 is 15.1 Å². The van der Waals surface area contributed by atoms with Gasteiger partial charge in [-0.3, -0.25) is 0 Å². The maximum Gasteiger partial charge on any atom is 0.0475 e. The number of rotatable bonds is 9. The van der Waals surface area contributed by atoms with Gasteiger partial charge in [-0.25, -0.2) is 0 Å². The number of hydrogen-bond donors (Lipinski definition) is 1. The molecule has 0 aliphatic rings. The van der Waals surface area contributed by atoms with Crippen LogP contribution in [0.3, 0.4) is 0 Å². The maximum atomic E-state index is 3.87. The molecule has 0 unspecified atom stereocenters. The van der Waals surface area contributed by atoms with Gasteiger partial charge in [0.2, 0.25) is 0 Å². The minimum atomic E-state index is -0.137. The summed E-state index contributed by atoms with van der Waals surface area (Å²) in [5.74, 6) is -0.0123. The molecule has 0 radical (unpaired) electrons. The van der Waals surface area contributed by atoms with Gasteiger partial charge in [-0.2, -0.15) is 0 Å².